The van der Waals surface area contributed by atoms with E-state index in [-0.39, 0.29) is 23.4 Å². The predicted octanol–water partition coefficient (Wildman–Crippen LogP) is -1.40. The molecule has 188 valence electrons. The summed E-state index contributed by atoms with van der Waals surface area (Å²) in [6, 6.07) is -0.855. The molecule has 2 aromatic rings. The second kappa shape index (κ2) is 11.6. The van der Waals surface area contributed by atoms with Gasteiger partial charge in [0.25, 0.3) is 0 Å². The zero-order valence-corrected chi connectivity index (χ0v) is 19.1. The zero-order valence-electron chi connectivity index (χ0n) is 18.3. The maximum atomic E-state index is 11.8. The molecule has 0 aromatic carbocycles. The highest BCUT2D eigenvalue weighted by molar-refractivity contribution is 7.71. The summed E-state index contributed by atoms with van der Waals surface area (Å²) < 4.78 is 7.28. The topological polar surface area (TPSA) is 221 Å². The average Bonchev–Trinajstić information content (AvgIpc) is 3.35. The van der Waals surface area contributed by atoms with Crippen LogP contribution in [0.25, 0.3) is 11.2 Å². The maximum Gasteiger partial charge on any atom is 0.303 e. The molecule has 1 aliphatic heterocycles. The summed E-state index contributed by atoms with van der Waals surface area (Å²) in [5, 5.41) is 44.1. The normalized spacial score (nSPS) is 23.2. The van der Waals surface area contributed by atoms with Gasteiger partial charge in [0.2, 0.25) is 11.9 Å². The van der Waals surface area contributed by atoms with Gasteiger partial charge in [0.15, 0.2) is 10.9 Å². The number of aromatic amines is 1. The Balaban J connectivity index is 1.52. The molecule has 1 fully saturated rings. The zero-order chi connectivity index (χ0) is 24.8. The van der Waals surface area contributed by atoms with Crippen LogP contribution in [0.3, 0.4) is 0 Å². The van der Waals surface area contributed by atoms with Gasteiger partial charge in [-0.1, -0.05) is 12.2 Å². The van der Waals surface area contributed by atoms with Crippen LogP contribution in [0.2, 0.25) is 0 Å². The number of unbranched alkanes of at least 4 members (excludes halogenated alkanes) is 1. The van der Waals surface area contributed by atoms with E-state index in [1.807, 2.05) is 0 Å². The van der Waals surface area contributed by atoms with Gasteiger partial charge in [-0.3, -0.25) is 14.2 Å². The summed E-state index contributed by atoms with van der Waals surface area (Å²) in [7, 11) is 0. The minimum absolute atomic E-state index is 0.0786. The molecule has 34 heavy (non-hydrogen) atoms. The lowest BCUT2D eigenvalue weighted by Crippen LogP contribution is -2.41. The van der Waals surface area contributed by atoms with Gasteiger partial charge in [-0.15, -0.1) is 0 Å². The van der Waals surface area contributed by atoms with Crippen LogP contribution in [0.5, 0.6) is 0 Å². The molecule has 15 heteroatoms. The Labute approximate surface area is 199 Å². The summed E-state index contributed by atoms with van der Waals surface area (Å²) in [5.41, 5.74) is 6.47. The van der Waals surface area contributed by atoms with E-state index >= 15 is 0 Å². The minimum Gasteiger partial charge on any atom is -0.481 e. The SMILES string of the molecule is NC(CCC(=O)O)C(=O)NCCCCNc1nc(=S)c2ncn([C@@H]3O[C@H](CO)[C@H](O)C3O)c2[nH]1. The van der Waals surface area contributed by atoms with Gasteiger partial charge in [-0.25, -0.2) is 9.97 Å². The number of carboxylic acid groups (broad SMARTS) is 1. The standard InChI is InChI=1S/C19H29N7O7S/c20-9(3-4-11(28)29)16(32)21-5-1-2-6-22-19-24-15-12(17(34)25-19)23-8-26(15)18-14(31)13(30)10(7-27)33-18/h8-10,13-14,18,27,30-31H,1-7,20H2,(H,21,32)(H,28,29)(H2,22,24,25,34)/t9?,10-,13+,14?,18-/m1/s1. The fourth-order valence-corrected chi connectivity index (χ4v) is 3.77. The maximum absolute atomic E-state index is 11.8. The molecule has 3 rings (SSSR count). The van der Waals surface area contributed by atoms with Crippen LogP contribution < -0.4 is 16.4 Å². The molecule has 1 amide bonds. The molecule has 0 aliphatic carbocycles. The first-order valence-electron chi connectivity index (χ1n) is 10.8. The van der Waals surface area contributed by atoms with E-state index in [2.05, 4.69) is 25.6 Å². The van der Waals surface area contributed by atoms with Gasteiger partial charge < -0.3 is 46.5 Å². The van der Waals surface area contributed by atoms with Crippen LogP contribution in [0, 0.1) is 4.64 Å². The van der Waals surface area contributed by atoms with Crippen molar-refractivity contribution in [2.24, 2.45) is 5.73 Å². The van der Waals surface area contributed by atoms with E-state index in [4.69, 9.17) is 27.8 Å². The Hall–Kier alpha value is -2.69. The Kier molecular flexibility index (Phi) is 8.87. The Bertz CT molecular complexity index is 1060. The number of hydrogen-bond acceptors (Lipinski definition) is 11. The number of carboxylic acids is 1. The monoisotopic (exact) mass is 499 g/mol. The first kappa shape index (κ1) is 25.9. The van der Waals surface area contributed by atoms with Crippen molar-refractivity contribution >= 4 is 41.2 Å². The fraction of sp³-hybridized carbons (Fsp3) is 0.632. The molecule has 14 nitrogen and oxygen atoms in total. The third kappa shape index (κ3) is 6.05. The highest BCUT2D eigenvalue weighted by Gasteiger charge is 2.43. The molecule has 0 radical (unpaired) electrons. The highest BCUT2D eigenvalue weighted by Crippen LogP contribution is 2.31. The summed E-state index contributed by atoms with van der Waals surface area (Å²) in [6.45, 7) is 0.453. The third-order valence-electron chi connectivity index (χ3n) is 5.44. The van der Waals surface area contributed by atoms with Crippen LogP contribution in [-0.2, 0) is 14.3 Å². The molecule has 5 atom stereocenters. The molecule has 1 saturated heterocycles. The van der Waals surface area contributed by atoms with Crippen LogP contribution in [0.1, 0.15) is 31.9 Å². The Morgan fingerprint density at radius 1 is 1.29 bits per heavy atom. The highest BCUT2D eigenvalue weighted by atomic mass is 32.1. The van der Waals surface area contributed by atoms with Gasteiger partial charge in [0.05, 0.1) is 19.0 Å². The number of carbonyl (C=O) groups is 2. The number of anilines is 1. The molecule has 0 spiro atoms. The number of nitrogens with two attached hydrogens (primary N) is 1. The average molecular weight is 500 g/mol. The number of hydrogen-bond donors (Lipinski definition) is 8. The number of nitrogens with zero attached hydrogens (tertiary/aromatic N) is 3. The number of H-pyrrole nitrogens is 1. The lowest BCUT2D eigenvalue weighted by atomic mass is 10.1. The van der Waals surface area contributed by atoms with Gasteiger partial charge in [0.1, 0.15) is 29.5 Å². The van der Waals surface area contributed by atoms with Gasteiger partial charge >= 0.3 is 5.97 Å². The molecule has 1 aliphatic rings. The molecule has 3 heterocycles. The minimum atomic E-state index is -1.27. The third-order valence-corrected chi connectivity index (χ3v) is 5.72. The largest absolute Gasteiger partial charge is 0.481 e. The quantitative estimate of drug-likeness (QED) is 0.125. The number of amides is 1. The van der Waals surface area contributed by atoms with Crippen molar-refractivity contribution in [1.29, 1.82) is 0 Å². The number of aliphatic hydroxyl groups is 3. The van der Waals surface area contributed by atoms with E-state index in [0.29, 0.717) is 43.0 Å². The first-order chi connectivity index (χ1) is 16.2. The number of rotatable bonds is 12. The molecule has 2 aromatic heterocycles. The van der Waals surface area contributed by atoms with Crippen LogP contribution >= 0.6 is 12.2 Å². The molecular formula is C19H29N7O7S. The summed E-state index contributed by atoms with van der Waals surface area (Å²) in [6.07, 6.45) is -1.76. The number of imidazole rings is 1. The van der Waals surface area contributed by atoms with Crippen molar-refractivity contribution in [3.8, 4) is 0 Å². The lowest BCUT2D eigenvalue weighted by Gasteiger charge is -2.17. The Morgan fingerprint density at radius 2 is 2.03 bits per heavy atom. The molecule has 0 bridgehead atoms. The number of nitrogens with one attached hydrogen (secondary N) is 3. The number of aromatic nitrogens is 4. The second-order valence-corrected chi connectivity index (χ2v) is 8.32. The smallest absolute Gasteiger partial charge is 0.303 e. The number of carbonyl (C=O) groups excluding carboxylic acids is 1. The fourth-order valence-electron chi connectivity index (χ4n) is 3.53. The molecule has 9 N–H and O–H groups in total. The molecular weight excluding hydrogens is 470 g/mol. The van der Waals surface area contributed by atoms with E-state index in [1.165, 1.54) is 10.9 Å². The Morgan fingerprint density at radius 3 is 2.71 bits per heavy atom. The summed E-state index contributed by atoms with van der Waals surface area (Å²) in [4.78, 5) is 33.9. The van der Waals surface area contributed by atoms with E-state index in [0.717, 1.165) is 0 Å². The number of aliphatic carboxylic acids is 1. The van der Waals surface area contributed by atoms with Crippen LogP contribution in [0.4, 0.5) is 5.95 Å². The second-order valence-electron chi connectivity index (χ2n) is 7.93. The van der Waals surface area contributed by atoms with Crippen LogP contribution in [-0.4, -0.2) is 95.9 Å². The summed E-state index contributed by atoms with van der Waals surface area (Å²) >= 11 is 5.30. The van der Waals surface area contributed by atoms with E-state index in [1.54, 1.807) is 0 Å². The number of aliphatic hydroxyl groups excluding tert-OH is 3. The molecule has 2 unspecified atom stereocenters. The van der Waals surface area contributed by atoms with Crippen molar-refractivity contribution in [2.45, 2.75) is 56.3 Å². The lowest BCUT2D eigenvalue weighted by molar-refractivity contribution is -0.137. The van der Waals surface area contributed by atoms with Crippen molar-refractivity contribution in [2.75, 3.05) is 25.0 Å². The number of fused-ring (bicyclic) bond motifs is 1. The number of ether oxygens (including phenoxy) is 1. The first-order valence-corrected chi connectivity index (χ1v) is 11.2. The summed E-state index contributed by atoms with van der Waals surface area (Å²) in [5.74, 6) is -1.02. The van der Waals surface area contributed by atoms with Crippen molar-refractivity contribution in [1.82, 2.24) is 24.8 Å². The van der Waals surface area contributed by atoms with Crippen molar-refractivity contribution in [3.63, 3.8) is 0 Å². The van der Waals surface area contributed by atoms with Crippen molar-refractivity contribution in [3.05, 3.63) is 11.0 Å². The van der Waals surface area contributed by atoms with E-state index in [9.17, 15) is 24.9 Å². The van der Waals surface area contributed by atoms with Crippen molar-refractivity contribution < 1.29 is 34.8 Å². The predicted molar refractivity (Wildman–Crippen MR) is 121 cm³/mol. The molecule has 0 saturated carbocycles. The van der Waals surface area contributed by atoms with Gasteiger partial charge in [-0.05, 0) is 19.3 Å². The van der Waals surface area contributed by atoms with Gasteiger partial charge in [-0.2, -0.15) is 0 Å². The van der Waals surface area contributed by atoms with E-state index < -0.39 is 43.2 Å². The van der Waals surface area contributed by atoms with Crippen LogP contribution in [0.15, 0.2) is 6.33 Å². The van der Waals surface area contributed by atoms with Gasteiger partial charge in [0, 0.05) is 19.5 Å².